The van der Waals surface area contributed by atoms with Crippen molar-refractivity contribution >= 4 is 11.9 Å². The maximum absolute atomic E-state index is 12.3. The second-order valence-corrected chi connectivity index (χ2v) is 4.99. The van der Waals surface area contributed by atoms with Crippen LogP contribution in [0.4, 0.5) is 0 Å². The van der Waals surface area contributed by atoms with Gasteiger partial charge in [0.1, 0.15) is 22.6 Å². The zero-order chi connectivity index (χ0) is 16.4. The second-order valence-electron chi connectivity index (χ2n) is 4.99. The van der Waals surface area contributed by atoms with Gasteiger partial charge in [-0.25, -0.2) is 4.79 Å². The number of hydrogen-bond donors (Lipinski definition) is 1. The Morgan fingerprint density at radius 1 is 1.36 bits per heavy atom. The highest BCUT2D eigenvalue weighted by molar-refractivity contribution is 5.93. The van der Waals surface area contributed by atoms with Crippen LogP contribution in [0, 0.1) is 6.92 Å². The van der Waals surface area contributed by atoms with Crippen LogP contribution in [-0.2, 0) is 13.6 Å². The second kappa shape index (κ2) is 5.88. The quantitative estimate of drug-likeness (QED) is 0.918. The highest BCUT2D eigenvalue weighted by Crippen LogP contribution is 2.16. The SMILES string of the molecule is Cc1oc(CN(C)C(=O)c2cccn(C)c2=O)cc1C(=O)O. The topological polar surface area (TPSA) is 92.8 Å². The van der Waals surface area contributed by atoms with Crippen LogP contribution in [0.15, 0.2) is 33.6 Å². The van der Waals surface area contributed by atoms with Crippen LogP contribution in [0.1, 0.15) is 32.2 Å². The van der Waals surface area contributed by atoms with E-state index in [-0.39, 0.29) is 29.0 Å². The van der Waals surface area contributed by atoms with Crippen LogP contribution >= 0.6 is 0 Å². The normalized spacial score (nSPS) is 10.5. The summed E-state index contributed by atoms with van der Waals surface area (Å²) in [7, 11) is 3.08. The molecule has 22 heavy (non-hydrogen) atoms. The lowest BCUT2D eigenvalue weighted by Crippen LogP contribution is -2.33. The van der Waals surface area contributed by atoms with Gasteiger partial charge in [-0.05, 0) is 25.1 Å². The number of furan rings is 1. The summed E-state index contributed by atoms with van der Waals surface area (Å²) in [5, 5.41) is 8.98. The maximum Gasteiger partial charge on any atom is 0.339 e. The van der Waals surface area contributed by atoms with E-state index in [1.807, 2.05) is 0 Å². The number of pyridine rings is 1. The molecule has 0 bridgehead atoms. The van der Waals surface area contributed by atoms with Gasteiger partial charge in [-0.15, -0.1) is 0 Å². The van der Waals surface area contributed by atoms with Gasteiger partial charge in [0.15, 0.2) is 0 Å². The summed E-state index contributed by atoms with van der Waals surface area (Å²) in [6.45, 7) is 1.62. The van der Waals surface area contributed by atoms with Crippen molar-refractivity contribution in [2.24, 2.45) is 7.05 Å². The average Bonchev–Trinajstić information content (AvgIpc) is 2.82. The van der Waals surface area contributed by atoms with Crippen molar-refractivity contribution in [2.45, 2.75) is 13.5 Å². The first-order valence-electron chi connectivity index (χ1n) is 6.55. The van der Waals surface area contributed by atoms with Gasteiger partial charge >= 0.3 is 5.97 Å². The molecule has 0 saturated carbocycles. The van der Waals surface area contributed by atoms with Crippen molar-refractivity contribution in [3.63, 3.8) is 0 Å². The van der Waals surface area contributed by atoms with E-state index in [0.29, 0.717) is 5.76 Å². The minimum Gasteiger partial charge on any atom is -0.478 e. The monoisotopic (exact) mass is 304 g/mol. The molecule has 0 aliphatic heterocycles. The third-order valence-electron chi connectivity index (χ3n) is 3.29. The number of carboxylic acid groups (broad SMARTS) is 1. The molecule has 1 N–H and O–H groups in total. The van der Waals surface area contributed by atoms with Crippen LogP contribution in [0.3, 0.4) is 0 Å². The van der Waals surface area contributed by atoms with Crippen LogP contribution < -0.4 is 5.56 Å². The van der Waals surface area contributed by atoms with E-state index >= 15 is 0 Å². The third kappa shape index (κ3) is 2.93. The average molecular weight is 304 g/mol. The lowest BCUT2D eigenvalue weighted by atomic mass is 10.2. The smallest absolute Gasteiger partial charge is 0.339 e. The molecule has 0 saturated heterocycles. The fraction of sp³-hybridized carbons (Fsp3) is 0.267. The van der Waals surface area contributed by atoms with E-state index < -0.39 is 11.9 Å². The number of aromatic carboxylic acids is 1. The molecule has 2 aromatic rings. The number of rotatable bonds is 4. The first-order chi connectivity index (χ1) is 10.3. The van der Waals surface area contributed by atoms with Crippen LogP contribution in [-0.4, -0.2) is 33.5 Å². The van der Waals surface area contributed by atoms with Crippen molar-refractivity contribution in [2.75, 3.05) is 7.05 Å². The Labute approximate surface area is 126 Å². The minimum atomic E-state index is -1.08. The van der Waals surface area contributed by atoms with Crippen molar-refractivity contribution in [1.82, 2.24) is 9.47 Å². The summed E-state index contributed by atoms with van der Waals surface area (Å²) >= 11 is 0. The van der Waals surface area contributed by atoms with Gasteiger partial charge in [0, 0.05) is 20.3 Å². The number of aryl methyl sites for hydroxylation is 2. The van der Waals surface area contributed by atoms with Crippen LogP contribution in [0.5, 0.6) is 0 Å². The third-order valence-corrected chi connectivity index (χ3v) is 3.29. The fourth-order valence-electron chi connectivity index (χ4n) is 2.11. The molecule has 116 valence electrons. The van der Waals surface area contributed by atoms with Gasteiger partial charge in [-0.1, -0.05) is 0 Å². The van der Waals surface area contributed by atoms with Crippen molar-refractivity contribution in [3.8, 4) is 0 Å². The number of carbonyl (C=O) groups is 2. The maximum atomic E-state index is 12.3. The largest absolute Gasteiger partial charge is 0.478 e. The van der Waals surface area contributed by atoms with Crippen molar-refractivity contribution < 1.29 is 19.1 Å². The standard InChI is InChI=1S/C15H16N2O5/c1-9-12(15(20)21)7-10(22-9)8-17(3)14(19)11-5-4-6-16(2)13(11)18/h4-7H,8H2,1-3H3,(H,20,21). The molecule has 7 heteroatoms. The fourth-order valence-corrected chi connectivity index (χ4v) is 2.11. The van der Waals surface area contributed by atoms with E-state index in [1.54, 1.807) is 26.2 Å². The highest BCUT2D eigenvalue weighted by atomic mass is 16.4. The van der Waals surface area contributed by atoms with Crippen molar-refractivity contribution in [3.05, 3.63) is 57.4 Å². The number of nitrogens with zero attached hydrogens (tertiary/aromatic N) is 2. The molecule has 2 aromatic heterocycles. The van der Waals surface area contributed by atoms with Gasteiger partial charge in [0.25, 0.3) is 11.5 Å². The summed E-state index contributed by atoms with van der Waals surface area (Å²) < 4.78 is 6.65. The molecule has 0 aliphatic rings. The Bertz CT molecular complexity index is 787. The summed E-state index contributed by atoms with van der Waals surface area (Å²) in [4.78, 5) is 36.5. The Hall–Kier alpha value is -2.83. The van der Waals surface area contributed by atoms with Crippen LogP contribution in [0.2, 0.25) is 0 Å². The molecule has 0 radical (unpaired) electrons. The molecule has 2 heterocycles. The van der Waals surface area contributed by atoms with E-state index in [9.17, 15) is 14.4 Å². The number of hydrogen-bond acceptors (Lipinski definition) is 4. The van der Waals surface area contributed by atoms with E-state index in [4.69, 9.17) is 9.52 Å². The van der Waals surface area contributed by atoms with Crippen molar-refractivity contribution in [1.29, 1.82) is 0 Å². The van der Waals surface area contributed by atoms with Gasteiger partial charge in [-0.2, -0.15) is 0 Å². The molecule has 0 atom stereocenters. The first-order valence-corrected chi connectivity index (χ1v) is 6.55. The number of aromatic nitrogens is 1. The molecule has 0 spiro atoms. The summed E-state index contributed by atoms with van der Waals surface area (Å²) in [6, 6.07) is 4.45. The lowest BCUT2D eigenvalue weighted by molar-refractivity contribution is 0.0694. The number of carboxylic acids is 1. The predicted molar refractivity (Wildman–Crippen MR) is 77.9 cm³/mol. The Balaban J connectivity index is 2.22. The van der Waals surface area contributed by atoms with Gasteiger partial charge < -0.3 is 19.0 Å². The molecular weight excluding hydrogens is 288 g/mol. The lowest BCUT2D eigenvalue weighted by Gasteiger charge is -2.15. The molecule has 0 aromatic carbocycles. The number of carbonyl (C=O) groups excluding carboxylic acids is 1. The highest BCUT2D eigenvalue weighted by Gasteiger charge is 2.19. The first kappa shape index (κ1) is 15.6. The van der Waals surface area contributed by atoms with Gasteiger partial charge in [0.05, 0.1) is 6.54 Å². The summed E-state index contributed by atoms with van der Waals surface area (Å²) in [5.41, 5.74) is -0.276. The van der Waals surface area contributed by atoms with E-state index in [1.165, 1.54) is 28.6 Å². The number of amides is 1. The summed E-state index contributed by atoms with van der Waals surface area (Å²) in [5.74, 6) is -0.914. The molecule has 0 aliphatic carbocycles. The molecule has 0 fully saturated rings. The van der Waals surface area contributed by atoms with Gasteiger partial charge in [0.2, 0.25) is 0 Å². The van der Waals surface area contributed by atoms with Crippen LogP contribution in [0.25, 0.3) is 0 Å². The molecule has 2 rings (SSSR count). The van der Waals surface area contributed by atoms with Gasteiger partial charge in [-0.3, -0.25) is 9.59 Å². The minimum absolute atomic E-state index is 0.0502. The predicted octanol–water partition coefficient (Wildman–Crippen LogP) is 1.26. The summed E-state index contributed by atoms with van der Waals surface area (Å²) in [6.07, 6.45) is 1.56. The molecule has 0 unspecified atom stereocenters. The molecule has 1 amide bonds. The Kier molecular flexibility index (Phi) is 4.16. The molecule has 7 nitrogen and oxygen atoms in total. The van der Waals surface area contributed by atoms with E-state index in [2.05, 4.69) is 0 Å². The Morgan fingerprint density at radius 3 is 2.64 bits per heavy atom. The molecular formula is C15H16N2O5. The zero-order valence-corrected chi connectivity index (χ0v) is 12.5. The van der Waals surface area contributed by atoms with E-state index in [0.717, 1.165) is 0 Å². The Morgan fingerprint density at radius 2 is 2.05 bits per heavy atom. The zero-order valence-electron chi connectivity index (χ0n) is 12.5.